The van der Waals surface area contributed by atoms with Crippen LogP contribution < -0.4 is 10.2 Å². The second-order valence-electron chi connectivity index (χ2n) is 4.08. The van der Waals surface area contributed by atoms with Gasteiger partial charge in [-0.05, 0) is 37.9 Å². The molecule has 0 fully saturated rings. The van der Waals surface area contributed by atoms with Gasteiger partial charge in [-0.15, -0.1) is 0 Å². The maximum atomic E-state index is 11.6. The molecule has 1 aromatic heterocycles. The number of halogens is 2. The van der Waals surface area contributed by atoms with Crippen molar-refractivity contribution >= 4 is 49.7 Å². The monoisotopic (exact) mass is 445 g/mol. The van der Waals surface area contributed by atoms with Crippen molar-refractivity contribution < 1.29 is 18.9 Å². The first-order valence-electron chi connectivity index (χ1n) is 6.10. The van der Waals surface area contributed by atoms with Crippen LogP contribution in [0.4, 0.5) is 5.69 Å². The lowest BCUT2D eigenvalue weighted by atomic mass is 10.3. The van der Waals surface area contributed by atoms with Crippen LogP contribution in [-0.2, 0) is 4.79 Å². The Kier molecular flexibility index (Phi) is 5.88. The molecule has 0 saturated carbocycles. The van der Waals surface area contributed by atoms with E-state index in [1.54, 1.807) is 12.1 Å². The number of nitro groups is 1. The highest BCUT2D eigenvalue weighted by molar-refractivity contribution is 9.13. The number of nitro benzene ring substituents is 1. The van der Waals surface area contributed by atoms with Gasteiger partial charge in [-0.25, -0.2) is 5.43 Å². The zero-order valence-electron chi connectivity index (χ0n) is 11.4. The van der Waals surface area contributed by atoms with E-state index in [0.29, 0.717) is 14.9 Å². The Morgan fingerprint density at radius 2 is 2.17 bits per heavy atom. The molecule has 1 amide bonds. The van der Waals surface area contributed by atoms with Crippen LogP contribution in [0.5, 0.6) is 5.75 Å². The normalized spacial score (nSPS) is 10.7. The van der Waals surface area contributed by atoms with Crippen molar-refractivity contribution in [3.05, 3.63) is 55.3 Å². The van der Waals surface area contributed by atoms with Gasteiger partial charge in [0.15, 0.2) is 17.0 Å². The summed E-state index contributed by atoms with van der Waals surface area (Å²) in [6.07, 6.45) is 1.30. The summed E-state index contributed by atoms with van der Waals surface area (Å²) in [4.78, 5) is 21.8. The Morgan fingerprint density at radius 3 is 2.83 bits per heavy atom. The summed E-state index contributed by atoms with van der Waals surface area (Å²) in [5.74, 6) is -0.136. The van der Waals surface area contributed by atoms with Gasteiger partial charge in [-0.1, -0.05) is 12.1 Å². The fourth-order valence-corrected chi connectivity index (χ4v) is 2.11. The maximum Gasteiger partial charge on any atom is 0.310 e. The number of ether oxygens (including phenoxy) is 1. The summed E-state index contributed by atoms with van der Waals surface area (Å²) in [6.45, 7) is -0.409. The second-order valence-corrected chi connectivity index (χ2v) is 5.65. The predicted octanol–water partition coefficient (Wildman–Crippen LogP) is 3.24. The van der Waals surface area contributed by atoms with E-state index in [9.17, 15) is 14.9 Å². The lowest BCUT2D eigenvalue weighted by Gasteiger charge is -2.05. The Hall–Kier alpha value is -2.20. The topological polar surface area (TPSA) is 107 Å². The number of benzene rings is 1. The van der Waals surface area contributed by atoms with Crippen LogP contribution in [0, 0.1) is 10.1 Å². The Balaban J connectivity index is 1.87. The van der Waals surface area contributed by atoms with Crippen LogP contribution in [0.1, 0.15) is 5.76 Å². The van der Waals surface area contributed by atoms with E-state index in [-0.39, 0.29) is 11.4 Å². The van der Waals surface area contributed by atoms with Crippen LogP contribution in [0.3, 0.4) is 0 Å². The van der Waals surface area contributed by atoms with Gasteiger partial charge in [0.1, 0.15) is 5.76 Å². The van der Waals surface area contributed by atoms with Crippen molar-refractivity contribution in [1.29, 1.82) is 0 Å². The van der Waals surface area contributed by atoms with E-state index in [1.807, 2.05) is 0 Å². The van der Waals surface area contributed by atoms with Gasteiger partial charge in [-0.3, -0.25) is 14.9 Å². The fourth-order valence-electron chi connectivity index (χ4n) is 1.50. The minimum Gasteiger partial charge on any atom is -0.477 e. The number of nitrogens with zero attached hydrogens (tertiary/aromatic N) is 2. The minimum absolute atomic E-state index is 0.00975. The number of carbonyl (C=O) groups excluding carboxylic acids is 1. The average molecular weight is 447 g/mol. The van der Waals surface area contributed by atoms with E-state index < -0.39 is 17.4 Å². The maximum absolute atomic E-state index is 11.6. The van der Waals surface area contributed by atoms with Gasteiger partial charge in [0.05, 0.1) is 15.6 Å². The zero-order valence-corrected chi connectivity index (χ0v) is 14.5. The van der Waals surface area contributed by atoms with Crippen LogP contribution >= 0.6 is 31.9 Å². The van der Waals surface area contributed by atoms with Gasteiger partial charge >= 0.3 is 5.69 Å². The van der Waals surface area contributed by atoms with Gasteiger partial charge < -0.3 is 9.15 Å². The SMILES string of the molecule is O=C(COc1ccccc1[N+](=O)[O-])NN=Cc1cc(Br)c(Br)o1. The number of hydrazone groups is 1. The van der Waals surface area contributed by atoms with E-state index in [1.165, 1.54) is 24.4 Å². The van der Waals surface area contributed by atoms with Crippen LogP contribution in [0.25, 0.3) is 0 Å². The summed E-state index contributed by atoms with van der Waals surface area (Å²) in [5, 5.41) is 14.5. The van der Waals surface area contributed by atoms with E-state index in [2.05, 4.69) is 42.4 Å². The van der Waals surface area contributed by atoms with Crippen molar-refractivity contribution in [3.8, 4) is 5.75 Å². The van der Waals surface area contributed by atoms with Crippen molar-refractivity contribution in [2.75, 3.05) is 6.61 Å². The summed E-state index contributed by atoms with van der Waals surface area (Å²) in [7, 11) is 0. The van der Waals surface area contributed by atoms with E-state index in [0.717, 1.165) is 0 Å². The van der Waals surface area contributed by atoms with Gasteiger partial charge in [0, 0.05) is 12.1 Å². The molecule has 0 radical (unpaired) electrons. The third kappa shape index (κ3) is 4.89. The first-order chi connectivity index (χ1) is 11.0. The molecule has 0 aliphatic heterocycles. The molecule has 1 heterocycles. The average Bonchev–Trinajstić information content (AvgIpc) is 2.83. The minimum atomic E-state index is -0.585. The molecule has 0 spiro atoms. The highest BCUT2D eigenvalue weighted by Gasteiger charge is 2.14. The summed E-state index contributed by atoms with van der Waals surface area (Å²) >= 11 is 6.41. The van der Waals surface area contributed by atoms with Crippen LogP contribution in [0.2, 0.25) is 0 Å². The molecular weight excluding hydrogens is 438 g/mol. The molecule has 0 saturated heterocycles. The van der Waals surface area contributed by atoms with Crippen molar-refractivity contribution in [2.24, 2.45) is 5.10 Å². The largest absolute Gasteiger partial charge is 0.477 e. The van der Waals surface area contributed by atoms with Crippen molar-refractivity contribution in [3.63, 3.8) is 0 Å². The summed E-state index contributed by atoms with van der Waals surface area (Å²) < 4.78 is 11.6. The Morgan fingerprint density at radius 1 is 1.43 bits per heavy atom. The predicted molar refractivity (Wildman–Crippen MR) is 88.4 cm³/mol. The highest BCUT2D eigenvalue weighted by Crippen LogP contribution is 2.26. The Bertz CT molecular complexity index is 740. The molecular formula is C13H9Br2N3O5. The molecule has 2 aromatic rings. The highest BCUT2D eigenvalue weighted by atomic mass is 79.9. The second kappa shape index (κ2) is 7.88. The molecule has 0 atom stereocenters. The molecule has 23 heavy (non-hydrogen) atoms. The van der Waals surface area contributed by atoms with E-state index >= 15 is 0 Å². The molecule has 1 N–H and O–H groups in total. The number of hydrogen-bond donors (Lipinski definition) is 1. The van der Waals surface area contributed by atoms with E-state index in [4.69, 9.17) is 9.15 Å². The van der Waals surface area contributed by atoms with Crippen LogP contribution in [-0.4, -0.2) is 23.7 Å². The third-order valence-electron chi connectivity index (χ3n) is 2.47. The fraction of sp³-hybridized carbons (Fsp3) is 0.0769. The molecule has 120 valence electrons. The molecule has 10 heteroatoms. The first kappa shape index (κ1) is 17.2. The quantitative estimate of drug-likeness (QED) is 0.416. The van der Waals surface area contributed by atoms with Gasteiger partial charge in [0.25, 0.3) is 5.91 Å². The summed E-state index contributed by atoms with van der Waals surface area (Å²) in [6, 6.07) is 7.44. The van der Waals surface area contributed by atoms with Crippen molar-refractivity contribution in [2.45, 2.75) is 0 Å². The number of rotatable bonds is 6. The number of hydrogen-bond acceptors (Lipinski definition) is 6. The molecule has 2 rings (SSSR count). The number of amides is 1. The molecule has 0 aliphatic carbocycles. The van der Waals surface area contributed by atoms with Crippen LogP contribution in [0.15, 0.2) is 49.0 Å². The first-order valence-corrected chi connectivity index (χ1v) is 7.69. The number of para-hydroxylation sites is 2. The molecule has 0 bridgehead atoms. The molecule has 1 aromatic carbocycles. The van der Waals surface area contributed by atoms with Gasteiger partial charge in [0.2, 0.25) is 0 Å². The lowest BCUT2D eigenvalue weighted by Crippen LogP contribution is -2.24. The number of furan rings is 1. The standard InChI is InChI=1S/C13H9Br2N3O5/c14-9-5-8(23-13(9)15)6-16-17-12(19)7-22-11-4-2-1-3-10(11)18(20)21/h1-6H,7H2,(H,17,19). The smallest absolute Gasteiger partial charge is 0.310 e. The zero-order chi connectivity index (χ0) is 16.8. The Labute approximate surface area is 146 Å². The number of carbonyl (C=O) groups is 1. The van der Waals surface area contributed by atoms with Crippen molar-refractivity contribution in [1.82, 2.24) is 5.43 Å². The molecule has 8 nitrogen and oxygen atoms in total. The summed E-state index contributed by atoms with van der Waals surface area (Å²) in [5.41, 5.74) is 2.01. The van der Waals surface area contributed by atoms with Gasteiger partial charge in [-0.2, -0.15) is 5.10 Å². The lowest BCUT2D eigenvalue weighted by molar-refractivity contribution is -0.385. The number of nitrogens with one attached hydrogen (secondary N) is 1. The third-order valence-corrected chi connectivity index (χ3v) is 4.18. The molecule has 0 unspecified atom stereocenters. The molecule has 0 aliphatic rings.